The van der Waals surface area contributed by atoms with Crippen LogP contribution in [-0.4, -0.2) is 10.9 Å². The summed E-state index contributed by atoms with van der Waals surface area (Å²) in [6, 6.07) is 7.87. The van der Waals surface area contributed by atoms with Gasteiger partial charge in [-0.2, -0.15) is 12.6 Å². The molecule has 0 radical (unpaired) electrons. The first kappa shape index (κ1) is 12.1. The molecule has 0 atom stereocenters. The van der Waals surface area contributed by atoms with Crippen LogP contribution in [0.5, 0.6) is 0 Å². The Bertz CT molecular complexity index is 361. The van der Waals surface area contributed by atoms with Crippen LogP contribution in [0.3, 0.4) is 0 Å². The zero-order valence-corrected chi connectivity index (χ0v) is 10.0. The van der Waals surface area contributed by atoms with Gasteiger partial charge in [-0.1, -0.05) is 30.4 Å². The Morgan fingerprint density at radius 2 is 2.20 bits per heavy atom. The number of para-hydroxylation sites is 1. The summed E-state index contributed by atoms with van der Waals surface area (Å²) in [6.45, 7) is 0. The molecule has 0 aromatic heterocycles. The number of anilines is 1. The molecule has 0 bridgehead atoms. The van der Waals surface area contributed by atoms with Gasteiger partial charge in [0.05, 0.1) is 0 Å². The molecule has 0 aliphatic heterocycles. The monoisotopic (exact) mass is 238 g/mol. The highest BCUT2D eigenvalue weighted by Gasteiger charge is 1.97. The van der Waals surface area contributed by atoms with Crippen LogP contribution < -0.4 is 11.1 Å². The van der Waals surface area contributed by atoms with E-state index in [1.807, 2.05) is 30.3 Å². The molecule has 3 N–H and O–H groups in total. The SMILES string of the molecule is NC(=S)Nc1ccccc1C=CCCS. The summed E-state index contributed by atoms with van der Waals surface area (Å²) in [4.78, 5) is 0. The third-order valence-electron chi connectivity index (χ3n) is 1.81. The quantitative estimate of drug-likeness (QED) is 0.558. The Labute approximate surface area is 101 Å². The van der Waals surface area contributed by atoms with Crippen molar-refractivity contribution >= 4 is 41.7 Å². The molecule has 0 fully saturated rings. The van der Waals surface area contributed by atoms with Crippen LogP contribution in [0.2, 0.25) is 0 Å². The van der Waals surface area contributed by atoms with Crippen molar-refractivity contribution in [3.63, 3.8) is 0 Å². The van der Waals surface area contributed by atoms with Crippen LogP contribution >= 0.6 is 24.8 Å². The molecule has 0 spiro atoms. The number of hydrogen-bond acceptors (Lipinski definition) is 2. The van der Waals surface area contributed by atoms with Crippen molar-refractivity contribution in [2.45, 2.75) is 6.42 Å². The van der Waals surface area contributed by atoms with Gasteiger partial charge >= 0.3 is 0 Å². The third-order valence-corrected chi connectivity index (χ3v) is 2.17. The van der Waals surface area contributed by atoms with Gasteiger partial charge in [-0.3, -0.25) is 0 Å². The van der Waals surface area contributed by atoms with E-state index in [-0.39, 0.29) is 5.11 Å². The van der Waals surface area contributed by atoms with Gasteiger partial charge in [0.15, 0.2) is 5.11 Å². The van der Waals surface area contributed by atoms with Crippen molar-refractivity contribution in [3.8, 4) is 0 Å². The summed E-state index contributed by atoms with van der Waals surface area (Å²) in [6.07, 6.45) is 5.06. The van der Waals surface area contributed by atoms with Crippen molar-refractivity contribution in [1.82, 2.24) is 0 Å². The molecular formula is C11H14N2S2. The molecular weight excluding hydrogens is 224 g/mol. The minimum Gasteiger partial charge on any atom is -0.376 e. The summed E-state index contributed by atoms with van der Waals surface area (Å²) in [5, 5.41) is 3.22. The third kappa shape index (κ3) is 4.36. The fraction of sp³-hybridized carbons (Fsp3) is 0.182. The van der Waals surface area contributed by atoms with Crippen molar-refractivity contribution in [2.75, 3.05) is 11.1 Å². The number of benzene rings is 1. The second-order valence-corrected chi connectivity index (χ2v) is 3.88. The first-order valence-corrected chi connectivity index (χ1v) is 5.71. The molecule has 15 heavy (non-hydrogen) atoms. The number of nitrogens with two attached hydrogens (primary N) is 1. The van der Waals surface area contributed by atoms with Crippen LogP contribution in [0.4, 0.5) is 5.69 Å². The van der Waals surface area contributed by atoms with Crippen LogP contribution in [0, 0.1) is 0 Å². The Kier molecular flexibility index (Phi) is 5.21. The first-order valence-electron chi connectivity index (χ1n) is 4.67. The van der Waals surface area contributed by atoms with Crippen molar-refractivity contribution < 1.29 is 0 Å². The predicted molar refractivity (Wildman–Crippen MR) is 74.4 cm³/mol. The minimum atomic E-state index is 0.282. The van der Waals surface area contributed by atoms with E-state index in [4.69, 9.17) is 18.0 Å². The molecule has 1 rings (SSSR count). The lowest BCUT2D eigenvalue weighted by atomic mass is 10.1. The summed E-state index contributed by atoms with van der Waals surface area (Å²) in [5.41, 5.74) is 7.44. The molecule has 0 amide bonds. The molecule has 0 aliphatic rings. The van der Waals surface area contributed by atoms with E-state index in [0.29, 0.717) is 0 Å². The van der Waals surface area contributed by atoms with Crippen molar-refractivity contribution in [1.29, 1.82) is 0 Å². The lowest BCUT2D eigenvalue weighted by Crippen LogP contribution is -2.19. The molecule has 0 saturated heterocycles. The number of hydrogen-bond donors (Lipinski definition) is 3. The normalized spacial score (nSPS) is 10.5. The van der Waals surface area contributed by atoms with Gasteiger partial charge < -0.3 is 11.1 Å². The van der Waals surface area contributed by atoms with E-state index < -0.39 is 0 Å². The Morgan fingerprint density at radius 1 is 1.47 bits per heavy atom. The lowest BCUT2D eigenvalue weighted by molar-refractivity contribution is 1.26. The van der Waals surface area contributed by atoms with Gasteiger partial charge in [0.2, 0.25) is 0 Å². The van der Waals surface area contributed by atoms with Crippen LogP contribution in [0.25, 0.3) is 6.08 Å². The maximum absolute atomic E-state index is 5.43. The van der Waals surface area contributed by atoms with Crippen LogP contribution in [0.1, 0.15) is 12.0 Å². The van der Waals surface area contributed by atoms with Gasteiger partial charge in [-0.25, -0.2) is 0 Å². The molecule has 4 heteroatoms. The molecule has 0 aliphatic carbocycles. The van der Waals surface area contributed by atoms with E-state index >= 15 is 0 Å². The topological polar surface area (TPSA) is 38.0 Å². The van der Waals surface area contributed by atoms with Crippen LogP contribution in [-0.2, 0) is 0 Å². The summed E-state index contributed by atoms with van der Waals surface area (Å²) in [7, 11) is 0. The van der Waals surface area contributed by atoms with Crippen molar-refractivity contribution in [3.05, 3.63) is 35.9 Å². The molecule has 0 unspecified atom stereocenters. The highest BCUT2D eigenvalue weighted by atomic mass is 32.1. The van der Waals surface area contributed by atoms with E-state index in [1.165, 1.54) is 0 Å². The largest absolute Gasteiger partial charge is 0.376 e. The number of thiocarbonyl (C=S) groups is 1. The highest BCUT2D eigenvalue weighted by molar-refractivity contribution is 7.80. The average molecular weight is 238 g/mol. The van der Waals surface area contributed by atoms with E-state index in [0.717, 1.165) is 23.4 Å². The second-order valence-electron chi connectivity index (χ2n) is 2.99. The zero-order chi connectivity index (χ0) is 11.1. The van der Waals surface area contributed by atoms with Gasteiger partial charge in [0, 0.05) is 5.69 Å². The maximum Gasteiger partial charge on any atom is 0.168 e. The lowest BCUT2D eigenvalue weighted by Gasteiger charge is -2.06. The number of rotatable bonds is 4. The smallest absolute Gasteiger partial charge is 0.168 e. The van der Waals surface area contributed by atoms with E-state index in [2.05, 4.69) is 24.0 Å². The number of thiol groups is 1. The van der Waals surface area contributed by atoms with Gasteiger partial charge in [0.25, 0.3) is 0 Å². The van der Waals surface area contributed by atoms with Crippen LogP contribution in [0.15, 0.2) is 30.3 Å². The molecule has 2 nitrogen and oxygen atoms in total. The van der Waals surface area contributed by atoms with E-state index in [1.54, 1.807) is 0 Å². The number of allylic oxidation sites excluding steroid dienone is 1. The van der Waals surface area contributed by atoms with Gasteiger partial charge in [-0.15, -0.1) is 0 Å². The van der Waals surface area contributed by atoms with Gasteiger partial charge in [-0.05, 0) is 36.0 Å². The second kappa shape index (κ2) is 6.48. The van der Waals surface area contributed by atoms with Crippen molar-refractivity contribution in [2.24, 2.45) is 5.73 Å². The zero-order valence-electron chi connectivity index (χ0n) is 8.31. The Morgan fingerprint density at radius 3 is 2.87 bits per heavy atom. The number of nitrogens with one attached hydrogen (secondary N) is 1. The van der Waals surface area contributed by atoms with Gasteiger partial charge in [0.1, 0.15) is 0 Å². The fourth-order valence-electron chi connectivity index (χ4n) is 1.17. The standard InChI is InChI=1S/C11H14N2S2/c12-11(15)13-10-7-2-1-5-9(10)6-3-4-8-14/h1-3,5-7,14H,4,8H2,(H3,12,13,15). The molecule has 0 saturated carbocycles. The molecule has 0 heterocycles. The molecule has 80 valence electrons. The summed E-state index contributed by atoms with van der Waals surface area (Å²) >= 11 is 8.94. The van der Waals surface area contributed by atoms with E-state index in [9.17, 15) is 0 Å². The average Bonchev–Trinajstić information content (AvgIpc) is 2.20. The minimum absolute atomic E-state index is 0.282. The summed E-state index contributed by atoms with van der Waals surface area (Å²) < 4.78 is 0. The Balaban J connectivity index is 2.81. The fourth-order valence-corrected chi connectivity index (χ4v) is 1.43. The highest BCUT2D eigenvalue weighted by Crippen LogP contribution is 2.16. The molecule has 1 aromatic rings. The summed E-state index contributed by atoms with van der Waals surface area (Å²) in [5.74, 6) is 0.849. The molecule has 1 aromatic carbocycles. The maximum atomic E-state index is 5.43. The first-order chi connectivity index (χ1) is 7.24. The predicted octanol–water partition coefficient (Wildman–Crippen LogP) is 2.68. The Hall–Kier alpha value is -1.00.